The van der Waals surface area contributed by atoms with E-state index in [-0.39, 0.29) is 11.8 Å². The number of thiazole rings is 1. The molecule has 2 aromatic carbocycles. The number of halogens is 1. The van der Waals surface area contributed by atoms with Crippen molar-refractivity contribution in [2.24, 2.45) is 0 Å². The predicted octanol–water partition coefficient (Wildman–Crippen LogP) is 5.60. The minimum atomic E-state index is -0.0463. The maximum absolute atomic E-state index is 12.3. The molecule has 0 bridgehead atoms. The zero-order valence-electron chi connectivity index (χ0n) is 14.5. The largest absolute Gasteiger partial charge is 0.495 e. The van der Waals surface area contributed by atoms with Crippen LogP contribution < -0.4 is 10.1 Å². The third-order valence-corrected chi connectivity index (χ3v) is 5.11. The maximum Gasteiger partial charge on any atom is 0.226 e. The molecule has 3 aromatic rings. The van der Waals surface area contributed by atoms with Gasteiger partial charge in [-0.25, -0.2) is 4.98 Å². The minimum absolute atomic E-state index is 0.0463. The quantitative estimate of drug-likeness (QED) is 0.599. The van der Waals surface area contributed by atoms with Crippen LogP contribution >= 0.6 is 22.9 Å². The van der Waals surface area contributed by atoms with E-state index in [1.54, 1.807) is 19.2 Å². The van der Waals surface area contributed by atoms with Crippen LogP contribution in [0, 0.1) is 0 Å². The number of aromatic nitrogens is 1. The first kappa shape index (κ1) is 18.4. The summed E-state index contributed by atoms with van der Waals surface area (Å²) < 4.78 is 5.16. The lowest BCUT2D eigenvalue weighted by Crippen LogP contribution is -2.14. The molecule has 1 N–H and O–H groups in total. The van der Waals surface area contributed by atoms with Crippen LogP contribution in [0.5, 0.6) is 5.75 Å². The Balaban J connectivity index is 1.65. The summed E-state index contributed by atoms with van der Waals surface area (Å²) in [5, 5.41) is 5.89. The Hall–Kier alpha value is -2.37. The average molecular weight is 387 g/mol. The number of carbonyl (C=O) groups is 1. The summed E-state index contributed by atoms with van der Waals surface area (Å²) in [4.78, 5) is 16.8. The van der Waals surface area contributed by atoms with Gasteiger partial charge in [0.15, 0.2) is 5.13 Å². The van der Waals surface area contributed by atoms with Crippen molar-refractivity contribution in [3.8, 4) is 17.0 Å². The van der Waals surface area contributed by atoms with E-state index < -0.39 is 0 Å². The lowest BCUT2D eigenvalue weighted by atomic mass is 9.98. The van der Waals surface area contributed by atoms with Gasteiger partial charge in [-0.2, -0.15) is 0 Å². The first-order valence-corrected chi connectivity index (χ1v) is 9.47. The molecule has 0 aliphatic rings. The second-order valence-corrected chi connectivity index (χ2v) is 7.22. The van der Waals surface area contributed by atoms with Crippen molar-refractivity contribution in [3.05, 3.63) is 64.5 Å². The van der Waals surface area contributed by atoms with E-state index in [1.165, 1.54) is 11.3 Å². The number of rotatable bonds is 6. The SMILES string of the molecule is COc1ccc(-c2csc(NC(=O)CC(C)c3ccccc3)n2)cc1Cl. The van der Waals surface area contributed by atoms with Gasteiger partial charge in [-0.15, -0.1) is 11.3 Å². The van der Waals surface area contributed by atoms with Crippen molar-refractivity contribution in [1.29, 1.82) is 0 Å². The highest BCUT2D eigenvalue weighted by molar-refractivity contribution is 7.14. The Labute approximate surface area is 161 Å². The molecule has 0 saturated carbocycles. The van der Waals surface area contributed by atoms with Crippen molar-refractivity contribution < 1.29 is 9.53 Å². The molecular weight excluding hydrogens is 368 g/mol. The van der Waals surface area contributed by atoms with Gasteiger partial charge in [-0.05, 0) is 29.7 Å². The highest BCUT2D eigenvalue weighted by atomic mass is 35.5. The van der Waals surface area contributed by atoms with Crippen molar-refractivity contribution in [2.45, 2.75) is 19.3 Å². The van der Waals surface area contributed by atoms with Crippen LogP contribution in [0.4, 0.5) is 5.13 Å². The molecule has 0 radical (unpaired) electrons. The van der Waals surface area contributed by atoms with Crippen LogP contribution in [0.2, 0.25) is 5.02 Å². The molecule has 4 nitrogen and oxygen atoms in total. The Kier molecular flexibility index (Phi) is 5.91. The number of hydrogen-bond donors (Lipinski definition) is 1. The number of benzene rings is 2. The summed E-state index contributed by atoms with van der Waals surface area (Å²) in [7, 11) is 1.58. The van der Waals surface area contributed by atoms with Crippen LogP contribution in [0.15, 0.2) is 53.9 Å². The average Bonchev–Trinajstić information content (AvgIpc) is 3.10. The second-order valence-electron chi connectivity index (χ2n) is 5.95. The number of nitrogens with zero attached hydrogens (tertiary/aromatic N) is 1. The van der Waals surface area contributed by atoms with Crippen LogP contribution in [0.1, 0.15) is 24.8 Å². The molecule has 1 aromatic heterocycles. The zero-order chi connectivity index (χ0) is 18.5. The van der Waals surface area contributed by atoms with E-state index in [9.17, 15) is 4.79 Å². The van der Waals surface area contributed by atoms with Gasteiger partial charge in [0.05, 0.1) is 17.8 Å². The molecule has 1 atom stereocenters. The Bertz CT molecular complexity index is 896. The molecule has 0 saturated heterocycles. The van der Waals surface area contributed by atoms with Crippen molar-refractivity contribution >= 4 is 34.0 Å². The van der Waals surface area contributed by atoms with E-state index in [2.05, 4.69) is 10.3 Å². The molecule has 0 spiro atoms. The van der Waals surface area contributed by atoms with Crippen molar-refractivity contribution in [3.63, 3.8) is 0 Å². The number of carbonyl (C=O) groups excluding carboxylic acids is 1. The summed E-state index contributed by atoms with van der Waals surface area (Å²) in [6, 6.07) is 15.5. The smallest absolute Gasteiger partial charge is 0.226 e. The molecule has 1 unspecified atom stereocenters. The molecule has 3 rings (SSSR count). The first-order chi connectivity index (χ1) is 12.6. The monoisotopic (exact) mass is 386 g/mol. The van der Waals surface area contributed by atoms with Crippen LogP contribution in [-0.2, 0) is 4.79 Å². The molecule has 6 heteroatoms. The third-order valence-electron chi connectivity index (χ3n) is 4.06. The molecule has 0 aliphatic heterocycles. The number of amides is 1. The Morgan fingerprint density at radius 2 is 2.04 bits per heavy atom. The summed E-state index contributed by atoms with van der Waals surface area (Å²) in [5.74, 6) is 0.722. The van der Waals surface area contributed by atoms with E-state index in [0.717, 1.165) is 16.8 Å². The number of ether oxygens (including phenoxy) is 1. The van der Waals surface area contributed by atoms with Crippen molar-refractivity contribution in [1.82, 2.24) is 4.98 Å². The predicted molar refractivity (Wildman–Crippen MR) is 107 cm³/mol. The van der Waals surface area contributed by atoms with Crippen LogP contribution in [-0.4, -0.2) is 18.0 Å². The molecule has 1 heterocycles. The lowest BCUT2D eigenvalue weighted by Gasteiger charge is -2.10. The fourth-order valence-corrected chi connectivity index (χ4v) is 3.63. The number of methoxy groups -OCH3 is 1. The van der Waals surface area contributed by atoms with E-state index in [1.807, 2.05) is 48.7 Å². The lowest BCUT2D eigenvalue weighted by molar-refractivity contribution is -0.116. The van der Waals surface area contributed by atoms with Crippen LogP contribution in [0.3, 0.4) is 0 Å². The van der Waals surface area contributed by atoms with Gasteiger partial charge in [-0.3, -0.25) is 4.79 Å². The zero-order valence-corrected chi connectivity index (χ0v) is 16.1. The number of nitrogens with one attached hydrogen (secondary N) is 1. The molecule has 0 aliphatic carbocycles. The van der Waals surface area contributed by atoms with Gasteiger partial charge in [0.2, 0.25) is 5.91 Å². The van der Waals surface area contributed by atoms with E-state index in [4.69, 9.17) is 16.3 Å². The summed E-state index contributed by atoms with van der Waals surface area (Å²) in [6.45, 7) is 2.04. The van der Waals surface area contributed by atoms with E-state index >= 15 is 0 Å². The summed E-state index contributed by atoms with van der Waals surface area (Å²) in [5.41, 5.74) is 2.80. The Morgan fingerprint density at radius 1 is 1.27 bits per heavy atom. The highest BCUT2D eigenvalue weighted by Crippen LogP contribution is 2.32. The third kappa shape index (κ3) is 4.42. The van der Waals surface area contributed by atoms with E-state index in [0.29, 0.717) is 22.3 Å². The minimum Gasteiger partial charge on any atom is -0.495 e. The molecular formula is C20H19ClN2O2S. The summed E-state index contributed by atoms with van der Waals surface area (Å²) >= 11 is 7.56. The molecule has 26 heavy (non-hydrogen) atoms. The van der Waals surface area contributed by atoms with Crippen LogP contribution in [0.25, 0.3) is 11.3 Å². The standard InChI is InChI=1S/C20H19ClN2O2S/c1-13(14-6-4-3-5-7-14)10-19(24)23-20-22-17(12-26-20)15-8-9-18(25-2)16(21)11-15/h3-9,11-13H,10H2,1-2H3,(H,22,23,24). The second kappa shape index (κ2) is 8.34. The molecule has 1 amide bonds. The van der Waals surface area contributed by atoms with Gasteiger partial charge in [0.25, 0.3) is 0 Å². The molecule has 134 valence electrons. The fourth-order valence-electron chi connectivity index (χ4n) is 2.64. The van der Waals surface area contributed by atoms with Gasteiger partial charge in [0.1, 0.15) is 5.75 Å². The number of hydrogen-bond acceptors (Lipinski definition) is 4. The first-order valence-electron chi connectivity index (χ1n) is 8.21. The van der Waals surface area contributed by atoms with Gasteiger partial charge >= 0.3 is 0 Å². The normalized spacial score (nSPS) is 11.8. The maximum atomic E-state index is 12.3. The van der Waals surface area contributed by atoms with Gasteiger partial charge < -0.3 is 10.1 Å². The van der Waals surface area contributed by atoms with Gasteiger partial charge in [-0.1, -0.05) is 48.9 Å². The molecule has 0 fully saturated rings. The van der Waals surface area contributed by atoms with Gasteiger partial charge in [0, 0.05) is 17.4 Å². The summed E-state index contributed by atoms with van der Waals surface area (Å²) in [6.07, 6.45) is 0.410. The number of anilines is 1. The Morgan fingerprint density at radius 3 is 2.73 bits per heavy atom. The highest BCUT2D eigenvalue weighted by Gasteiger charge is 2.13. The van der Waals surface area contributed by atoms with Crippen molar-refractivity contribution in [2.75, 3.05) is 12.4 Å². The fraction of sp³-hybridized carbons (Fsp3) is 0.200. The topological polar surface area (TPSA) is 51.2 Å².